The molecule has 3 aliphatic rings. The number of methoxy groups -OCH3 is 1. The second-order valence-corrected chi connectivity index (χ2v) is 22.4. The Kier molecular flexibility index (Phi) is 22.9. The minimum absolute atomic E-state index is 0.0729. The SMILES string of the molecule is CC[C@H](C)[C@H]1NC(=O)[C@@H](NC(=O)[C@@H](CC(C)C)N(C)C(=O)C2CCCN2C(=O)C(C)C)[C@@H](C)OC(=O)[C@H](Cc2ccc(OC)cc2)N(C)C(=O)[C@@H]2CCCN2C(=O)[C@H](CC(C)C)NC(=O)[C@H](C(C)C)NC(=O)C[C@@H]1O. The number of nitrogens with zero attached hydrogens (tertiary/aromatic N) is 4. The van der Waals surface area contributed by atoms with Crippen LogP contribution in [0.1, 0.15) is 133 Å². The zero-order valence-electron chi connectivity index (χ0n) is 47.0. The Hall–Kier alpha value is -5.79. The maximum absolute atomic E-state index is 15.0. The van der Waals surface area contributed by atoms with Gasteiger partial charge in [-0.05, 0) is 86.8 Å². The fraction of sp³-hybridized carbons (Fsp3) is 0.727. The number of hydrogen-bond acceptors (Lipinski definition) is 12. The molecule has 0 radical (unpaired) electrons. The summed E-state index contributed by atoms with van der Waals surface area (Å²) < 4.78 is 11.5. The summed E-state index contributed by atoms with van der Waals surface area (Å²) in [6.07, 6.45) is -1.12. The molecule has 1 aromatic rings. The normalized spacial score (nSPS) is 26.8. The van der Waals surface area contributed by atoms with Gasteiger partial charge in [-0.1, -0.05) is 87.8 Å². The van der Waals surface area contributed by atoms with E-state index in [9.17, 15) is 48.3 Å². The van der Waals surface area contributed by atoms with Gasteiger partial charge in [0, 0.05) is 39.5 Å². The van der Waals surface area contributed by atoms with E-state index in [2.05, 4.69) is 21.3 Å². The Labute approximate surface area is 444 Å². The van der Waals surface area contributed by atoms with E-state index >= 15 is 0 Å². The molecular weight excluding hydrogens is 965 g/mol. The largest absolute Gasteiger partial charge is 0.497 e. The molecule has 20 nitrogen and oxygen atoms in total. The third-order valence-corrected chi connectivity index (χ3v) is 14.9. The Bertz CT molecular complexity index is 2170. The van der Waals surface area contributed by atoms with E-state index in [1.165, 1.54) is 42.8 Å². The molecule has 3 aliphatic heterocycles. The van der Waals surface area contributed by atoms with Gasteiger partial charge in [-0.15, -0.1) is 0 Å². The summed E-state index contributed by atoms with van der Waals surface area (Å²) in [7, 11) is 4.44. The van der Waals surface area contributed by atoms with E-state index in [0.717, 1.165) is 0 Å². The molecule has 0 bridgehead atoms. The lowest BCUT2D eigenvalue weighted by atomic mass is 9.91. The van der Waals surface area contributed by atoms with Crippen molar-refractivity contribution in [2.24, 2.45) is 29.6 Å². The van der Waals surface area contributed by atoms with Gasteiger partial charge < -0.3 is 55.4 Å². The number of likely N-dealkylation sites (N-methyl/N-ethyl adjacent to an activating group) is 2. The molecule has 0 aromatic heterocycles. The zero-order valence-corrected chi connectivity index (χ0v) is 47.0. The second-order valence-electron chi connectivity index (χ2n) is 22.4. The summed E-state index contributed by atoms with van der Waals surface area (Å²) >= 11 is 0. The van der Waals surface area contributed by atoms with Crippen molar-refractivity contribution in [1.29, 1.82) is 0 Å². The van der Waals surface area contributed by atoms with Crippen molar-refractivity contribution in [2.75, 3.05) is 34.3 Å². The first-order valence-corrected chi connectivity index (χ1v) is 27.1. The van der Waals surface area contributed by atoms with Crippen molar-refractivity contribution in [3.63, 3.8) is 0 Å². The van der Waals surface area contributed by atoms with E-state index in [-0.39, 0.29) is 55.9 Å². The number of esters is 1. The lowest BCUT2D eigenvalue weighted by Crippen LogP contribution is -2.62. The fourth-order valence-corrected chi connectivity index (χ4v) is 10.3. The van der Waals surface area contributed by atoms with Crippen LogP contribution in [0.3, 0.4) is 0 Å². The molecule has 0 spiro atoms. The minimum Gasteiger partial charge on any atom is -0.497 e. The third kappa shape index (κ3) is 16.1. The fourth-order valence-electron chi connectivity index (χ4n) is 10.3. The summed E-state index contributed by atoms with van der Waals surface area (Å²) in [4.78, 5) is 135. The molecule has 3 saturated heterocycles. The van der Waals surface area contributed by atoms with Crippen LogP contribution in [-0.4, -0.2) is 173 Å². The van der Waals surface area contributed by atoms with Crippen LogP contribution in [0.5, 0.6) is 5.75 Å². The summed E-state index contributed by atoms with van der Waals surface area (Å²) in [5.74, 6) is -6.57. The van der Waals surface area contributed by atoms with E-state index in [0.29, 0.717) is 43.5 Å². The molecule has 1 aromatic carbocycles. The van der Waals surface area contributed by atoms with Crippen LogP contribution in [0.2, 0.25) is 0 Å². The van der Waals surface area contributed by atoms with Gasteiger partial charge in [-0.3, -0.25) is 38.4 Å². The van der Waals surface area contributed by atoms with Gasteiger partial charge >= 0.3 is 5.97 Å². The molecule has 0 saturated carbocycles. The van der Waals surface area contributed by atoms with Crippen molar-refractivity contribution in [3.8, 4) is 5.75 Å². The molecule has 75 heavy (non-hydrogen) atoms. The van der Waals surface area contributed by atoms with Gasteiger partial charge in [-0.25, -0.2) is 4.79 Å². The highest BCUT2D eigenvalue weighted by Crippen LogP contribution is 2.27. The standard InChI is InChI=1S/C55H88N8O12/c1-15-34(10)46-43(64)29-44(65)57-45(32(6)7)49(67)56-38(26-30(2)3)52(70)63-25-17-19-40(63)54(72)61(13)42(28-36-20-22-37(74-14)23-21-36)55(73)75-35(11)47(50(68)58-46)59-48(66)41(27-31(4)5)60(12)53(71)39-18-16-24-62(39)51(69)33(8)9/h20-23,30-35,38-43,45-47,64H,15-19,24-29H2,1-14H3,(H,56,67)(H,57,65)(H,58,68)(H,59,66)/t34-,35+,38-,39?,40-,41+,42-,43-,45-,46+,47-/m0/s1. The summed E-state index contributed by atoms with van der Waals surface area (Å²) in [5, 5.41) is 23.1. The zero-order chi connectivity index (χ0) is 56.2. The van der Waals surface area contributed by atoms with Crippen LogP contribution in [0.15, 0.2) is 24.3 Å². The van der Waals surface area contributed by atoms with Crippen LogP contribution >= 0.6 is 0 Å². The van der Waals surface area contributed by atoms with Gasteiger partial charge in [0.15, 0.2) is 0 Å². The predicted octanol–water partition coefficient (Wildman–Crippen LogP) is 2.96. The van der Waals surface area contributed by atoms with Crippen LogP contribution < -0.4 is 26.0 Å². The van der Waals surface area contributed by atoms with Gasteiger partial charge in [0.2, 0.25) is 47.3 Å². The summed E-state index contributed by atoms with van der Waals surface area (Å²) in [6, 6.07) is -2.48. The molecule has 1 unspecified atom stereocenters. The van der Waals surface area contributed by atoms with E-state index < -0.39 is 126 Å². The number of likely N-dealkylation sites (tertiary alicyclic amines) is 1. The lowest BCUT2D eigenvalue weighted by molar-refractivity contribution is -0.162. The number of carbonyl (C=O) groups is 9. The number of fused-ring (bicyclic) bond motifs is 1. The number of benzene rings is 1. The average molecular weight is 1050 g/mol. The molecule has 5 N–H and O–H groups in total. The highest BCUT2D eigenvalue weighted by Gasteiger charge is 2.45. The van der Waals surface area contributed by atoms with Crippen molar-refractivity contribution in [3.05, 3.63) is 29.8 Å². The predicted molar refractivity (Wildman–Crippen MR) is 281 cm³/mol. The molecule has 8 amide bonds. The van der Waals surface area contributed by atoms with Crippen molar-refractivity contribution in [1.82, 2.24) is 40.9 Å². The van der Waals surface area contributed by atoms with Crippen LogP contribution in [0, 0.1) is 29.6 Å². The number of hydrogen-bond donors (Lipinski definition) is 5. The van der Waals surface area contributed by atoms with Crippen molar-refractivity contribution >= 4 is 53.2 Å². The lowest BCUT2D eigenvalue weighted by Gasteiger charge is -2.36. The Morgan fingerprint density at radius 1 is 0.867 bits per heavy atom. The summed E-state index contributed by atoms with van der Waals surface area (Å²) in [5.41, 5.74) is 0.616. The highest BCUT2D eigenvalue weighted by atomic mass is 16.5. The number of nitrogens with one attached hydrogen (secondary N) is 4. The molecular formula is C55H88N8O12. The quantitative estimate of drug-likeness (QED) is 0.159. The first-order chi connectivity index (χ1) is 35.2. The van der Waals surface area contributed by atoms with Gasteiger partial charge in [0.1, 0.15) is 54.1 Å². The third-order valence-electron chi connectivity index (χ3n) is 14.9. The number of ether oxygens (including phenoxy) is 2. The first-order valence-electron chi connectivity index (χ1n) is 27.1. The van der Waals surface area contributed by atoms with E-state index in [1.54, 1.807) is 63.8 Å². The van der Waals surface area contributed by atoms with Gasteiger partial charge in [0.05, 0.1) is 25.7 Å². The molecule has 3 heterocycles. The Morgan fingerprint density at radius 2 is 1.51 bits per heavy atom. The smallest absolute Gasteiger partial charge is 0.329 e. The van der Waals surface area contributed by atoms with Crippen LogP contribution in [0.25, 0.3) is 0 Å². The number of aliphatic hydroxyl groups excluding tert-OH is 1. The van der Waals surface area contributed by atoms with E-state index in [4.69, 9.17) is 9.47 Å². The molecule has 0 aliphatic carbocycles. The monoisotopic (exact) mass is 1050 g/mol. The Morgan fingerprint density at radius 3 is 2.08 bits per heavy atom. The summed E-state index contributed by atoms with van der Waals surface area (Å²) in [6.45, 7) is 20.1. The van der Waals surface area contributed by atoms with Gasteiger partial charge in [-0.2, -0.15) is 0 Å². The second kappa shape index (κ2) is 27.8. The number of cyclic esters (lactones) is 1. The molecule has 3 fully saturated rings. The van der Waals surface area contributed by atoms with Crippen LogP contribution in [0.4, 0.5) is 0 Å². The molecule has 4 rings (SSSR count). The van der Waals surface area contributed by atoms with E-state index in [1.807, 2.05) is 34.6 Å². The van der Waals surface area contributed by atoms with Gasteiger partial charge in [0.25, 0.3) is 0 Å². The maximum Gasteiger partial charge on any atom is 0.329 e. The number of amides is 8. The number of aliphatic hydroxyl groups is 1. The highest BCUT2D eigenvalue weighted by molar-refractivity contribution is 5.97. The molecule has 20 heteroatoms. The number of rotatable bonds is 15. The topological polar surface area (TPSA) is 253 Å². The van der Waals surface area contributed by atoms with Crippen molar-refractivity contribution in [2.45, 2.75) is 194 Å². The maximum atomic E-state index is 15.0. The Balaban J connectivity index is 1.87. The van der Waals surface area contributed by atoms with Crippen LogP contribution in [-0.2, 0) is 54.3 Å². The average Bonchev–Trinajstić information content (AvgIpc) is 4.06. The molecule has 420 valence electrons. The first kappa shape index (κ1) is 61.8. The van der Waals surface area contributed by atoms with Crippen molar-refractivity contribution < 1.29 is 57.7 Å². The number of carbonyl (C=O) groups excluding carboxylic acids is 9. The minimum atomic E-state index is -1.68. The molecule has 11 atom stereocenters.